The summed E-state index contributed by atoms with van der Waals surface area (Å²) in [5.41, 5.74) is 11.9. The molecule has 8 nitrogen and oxygen atoms in total. The summed E-state index contributed by atoms with van der Waals surface area (Å²) in [6.45, 7) is 0.367. The molecule has 0 unspecified atom stereocenters. The van der Waals surface area contributed by atoms with Gasteiger partial charge in [-0.3, -0.25) is 9.89 Å². The lowest BCUT2D eigenvalue weighted by Crippen LogP contribution is -2.46. The maximum atomic E-state index is 13.1. The normalized spacial score (nSPS) is 13.4. The van der Waals surface area contributed by atoms with E-state index in [1.807, 2.05) is 24.4 Å². The van der Waals surface area contributed by atoms with Gasteiger partial charge in [0.2, 0.25) is 0 Å². The number of carbonyl (C=O) groups is 1. The summed E-state index contributed by atoms with van der Waals surface area (Å²) in [5, 5.41) is 31.1. The number of benzene rings is 2. The van der Waals surface area contributed by atoms with Gasteiger partial charge in [0.05, 0.1) is 6.20 Å². The van der Waals surface area contributed by atoms with E-state index in [0.29, 0.717) is 24.5 Å². The van der Waals surface area contributed by atoms with E-state index in [1.165, 1.54) is 17.0 Å². The molecule has 9 heteroatoms. The van der Waals surface area contributed by atoms with Crippen molar-refractivity contribution in [2.45, 2.75) is 12.2 Å². The quantitative estimate of drug-likeness (QED) is 0.289. The lowest BCUT2D eigenvalue weighted by atomic mass is 10.00. The van der Waals surface area contributed by atoms with Crippen LogP contribution < -0.4 is 10.6 Å². The van der Waals surface area contributed by atoms with Gasteiger partial charge in [-0.1, -0.05) is 36.4 Å². The largest absolute Gasteiger partial charge is 0.383 e. The van der Waals surface area contributed by atoms with Crippen molar-refractivity contribution in [3.8, 4) is 22.3 Å². The number of nitrogen functional groups attached to an aromatic ring is 1. The van der Waals surface area contributed by atoms with E-state index < -0.39 is 11.7 Å². The van der Waals surface area contributed by atoms with Crippen molar-refractivity contribution in [2.24, 2.45) is 0 Å². The second-order valence-corrected chi connectivity index (χ2v) is 9.37. The predicted molar refractivity (Wildman–Crippen MR) is 136 cm³/mol. The fourth-order valence-electron chi connectivity index (χ4n) is 4.65. The van der Waals surface area contributed by atoms with Crippen molar-refractivity contribution >= 4 is 38.8 Å². The number of nitrogens with two attached hydrogens (primary N) is 1. The van der Waals surface area contributed by atoms with E-state index in [1.54, 1.807) is 41.9 Å². The van der Waals surface area contributed by atoms with Gasteiger partial charge >= 0.3 is 0 Å². The summed E-state index contributed by atoms with van der Waals surface area (Å²) in [5.74, 6) is -2.92. The Hall–Kier alpha value is -4.05. The molecule has 1 aliphatic heterocycles. The van der Waals surface area contributed by atoms with Crippen molar-refractivity contribution < 1.29 is 15.0 Å². The van der Waals surface area contributed by atoms with Crippen LogP contribution in [0.1, 0.15) is 11.1 Å². The second kappa shape index (κ2) is 8.02. The molecule has 1 amide bonds. The molecular formula is C26H21N5O3S. The van der Waals surface area contributed by atoms with Gasteiger partial charge in [0, 0.05) is 57.0 Å². The number of aromatic nitrogens is 3. The highest BCUT2D eigenvalue weighted by atomic mass is 32.1. The third-order valence-electron chi connectivity index (χ3n) is 6.44. The van der Waals surface area contributed by atoms with Crippen molar-refractivity contribution in [3.63, 3.8) is 0 Å². The second-order valence-electron chi connectivity index (χ2n) is 8.49. The third kappa shape index (κ3) is 3.40. The minimum atomic E-state index is -2.60. The van der Waals surface area contributed by atoms with Crippen LogP contribution in [-0.2, 0) is 17.0 Å². The number of pyridine rings is 1. The van der Waals surface area contributed by atoms with Crippen LogP contribution in [0.3, 0.4) is 0 Å². The van der Waals surface area contributed by atoms with E-state index >= 15 is 0 Å². The first-order valence-electron chi connectivity index (χ1n) is 11.1. The molecule has 35 heavy (non-hydrogen) atoms. The molecule has 3 aromatic heterocycles. The zero-order valence-electron chi connectivity index (χ0n) is 18.5. The Morgan fingerprint density at radius 2 is 1.91 bits per heavy atom. The lowest BCUT2D eigenvalue weighted by Gasteiger charge is -2.27. The number of rotatable bonds is 4. The molecule has 5 N–H and O–H groups in total. The molecule has 1 aliphatic rings. The zero-order valence-corrected chi connectivity index (χ0v) is 19.3. The van der Waals surface area contributed by atoms with Crippen LogP contribution in [0.5, 0.6) is 0 Å². The Labute approximate surface area is 204 Å². The number of amides is 1. The number of nitrogens with one attached hydrogen (secondary N) is 1. The number of hydrogen-bond donors (Lipinski definition) is 4. The molecule has 4 heterocycles. The summed E-state index contributed by atoms with van der Waals surface area (Å²) >= 11 is 1.60. The number of thiophene rings is 1. The average Bonchev–Trinajstić information content (AvgIpc) is 3.64. The van der Waals surface area contributed by atoms with Crippen molar-refractivity contribution in [1.29, 1.82) is 0 Å². The summed E-state index contributed by atoms with van der Waals surface area (Å²) in [4.78, 5) is 19.0. The number of hydrogen-bond acceptors (Lipinski definition) is 7. The molecule has 174 valence electrons. The first-order chi connectivity index (χ1) is 16.9. The third-order valence-corrected chi connectivity index (χ3v) is 7.45. The van der Waals surface area contributed by atoms with E-state index in [2.05, 4.69) is 20.6 Å². The van der Waals surface area contributed by atoms with Crippen LogP contribution in [0.2, 0.25) is 0 Å². The van der Waals surface area contributed by atoms with Crippen molar-refractivity contribution in [1.82, 2.24) is 15.2 Å². The van der Waals surface area contributed by atoms with Crippen LogP contribution in [0.25, 0.3) is 32.3 Å². The minimum Gasteiger partial charge on any atom is -0.383 e. The van der Waals surface area contributed by atoms with Crippen molar-refractivity contribution in [3.05, 3.63) is 83.6 Å². The SMILES string of the molecule is Nc1ncc(-c2cn[nH]c2)c2scc(-c3ccc4c(c3)CCN4C(=O)C(O)(O)c3ccccc3)c12. The topological polar surface area (TPSA) is 128 Å². The summed E-state index contributed by atoms with van der Waals surface area (Å²) in [6, 6.07) is 13.9. The van der Waals surface area contributed by atoms with Crippen molar-refractivity contribution in [2.75, 3.05) is 17.2 Å². The van der Waals surface area contributed by atoms with Gasteiger partial charge in [0.1, 0.15) is 5.82 Å². The molecule has 6 rings (SSSR count). The van der Waals surface area contributed by atoms with E-state index in [4.69, 9.17) is 5.73 Å². The van der Waals surface area contributed by atoms with E-state index in [9.17, 15) is 15.0 Å². The van der Waals surface area contributed by atoms with Gasteiger partial charge in [0.25, 0.3) is 11.7 Å². The van der Waals surface area contributed by atoms with Crippen LogP contribution in [0.4, 0.5) is 11.5 Å². The molecule has 5 aromatic rings. The van der Waals surface area contributed by atoms with Gasteiger partial charge < -0.3 is 20.8 Å². The fourth-order valence-corrected chi connectivity index (χ4v) is 5.77. The standard InChI is InChI=1S/C26H21N5O3S/c27-24-22-20(14-35-23(22)19(13-28-24)17-11-29-30-12-17)15-6-7-21-16(10-15)8-9-31(21)25(32)26(33,34)18-4-2-1-3-5-18/h1-7,10-14,33-34H,8-9H2,(H2,27,28)(H,29,30). The molecular weight excluding hydrogens is 462 g/mol. The number of aliphatic hydroxyl groups is 2. The highest BCUT2D eigenvalue weighted by molar-refractivity contribution is 7.18. The van der Waals surface area contributed by atoms with Crippen LogP contribution >= 0.6 is 11.3 Å². The van der Waals surface area contributed by atoms with Crippen LogP contribution in [0.15, 0.2) is 72.5 Å². The highest BCUT2D eigenvalue weighted by Crippen LogP contribution is 2.43. The highest BCUT2D eigenvalue weighted by Gasteiger charge is 2.41. The molecule has 0 atom stereocenters. The maximum Gasteiger partial charge on any atom is 0.292 e. The Morgan fingerprint density at radius 3 is 2.69 bits per heavy atom. The van der Waals surface area contributed by atoms with Gasteiger partial charge in [-0.15, -0.1) is 11.3 Å². The van der Waals surface area contributed by atoms with Gasteiger partial charge in [0.15, 0.2) is 0 Å². The van der Waals surface area contributed by atoms with Gasteiger partial charge in [-0.2, -0.15) is 5.10 Å². The number of carbonyl (C=O) groups excluding carboxylic acids is 1. The molecule has 0 radical (unpaired) electrons. The summed E-state index contributed by atoms with van der Waals surface area (Å²) < 4.78 is 1.03. The number of aromatic amines is 1. The molecule has 0 bridgehead atoms. The van der Waals surface area contributed by atoms with Crippen LogP contribution in [-0.4, -0.2) is 37.8 Å². The van der Waals surface area contributed by atoms with Crippen LogP contribution in [0, 0.1) is 0 Å². The Bertz CT molecular complexity index is 1560. The first kappa shape index (κ1) is 21.5. The predicted octanol–water partition coefficient (Wildman–Crippen LogP) is 3.66. The van der Waals surface area contributed by atoms with E-state index in [-0.39, 0.29) is 5.56 Å². The monoisotopic (exact) mass is 483 g/mol. The molecule has 0 aliphatic carbocycles. The smallest absolute Gasteiger partial charge is 0.292 e. The first-order valence-corrected chi connectivity index (χ1v) is 11.9. The molecule has 2 aromatic carbocycles. The van der Waals surface area contributed by atoms with Gasteiger partial charge in [-0.25, -0.2) is 4.98 Å². The summed E-state index contributed by atoms with van der Waals surface area (Å²) in [6.07, 6.45) is 5.95. The average molecular weight is 484 g/mol. The molecule has 0 saturated carbocycles. The number of H-pyrrole nitrogens is 1. The fraction of sp³-hybridized carbons (Fsp3) is 0.115. The van der Waals surface area contributed by atoms with Gasteiger partial charge in [-0.05, 0) is 35.1 Å². The molecule has 0 fully saturated rings. The Kier molecular flexibility index (Phi) is 4.92. The number of anilines is 2. The Balaban J connectivity index is 1.37. The minimum absolute atomic E-state index is 0.135. The number of nitrogens with zero attached hydrogens (tertiary/aromatic N) is 3. The maximum absolute atomic E-state index is 13.1. The molecule has 0 spiro atoms. The Morgan fingerprint density at radius 1 is 1.09 bits per heavy atom. The number of fused-ring (bicyclic) bond motifs is 2. The zero-order chi connectivity index (χ0) is 24.2. The summed E-state index contributed by atoms with van der Waals surface area (Å²) in [7, 11) is 0. The van der Waals surface area contributed by atoms with E-state index in [0.717, 1.165) is 37.9 Å². The lowest BCUT2D eigenvalue weighted by molar-refractivity contribution is -0.186. The molecule has 0 saturated heterocycles.